The topological polar surface area (TPSA) is 43.2 Å². The Labute approximate surface area is 117 Å². The van der Waals surface area contributed by atoms with Gasteiger partial charge < -0.3 is 9.30 Å². The number of hydrogen-bond donors (Lipinski definition) is 0. The highest BCUT2D eigenvalue weighted by Gasteiger charge is 2.27. The Morgan fingerprint density at radius 3 is 3.05 bits per heavy atom. The van der Waals surface area contributed by atoms with Crippen LogP contribution in [0.4, 0.5) is 4.39 Å². The highest BCUT2D eigenvalue weighted by molar-refractivity contribution is 5.18. The lowest BCUT2D eigenvalue weighted by Crippen LogP contribution is -2.42. The summed E-state index contributed by atoms with van der Waals surface area (Å²) in [5.41, 5.74) is 2.33. The molecule has 6 heteroatoms. The average molecular weight is 276 g/mol. The largest absolute Gasteiger partial charge is 0.474 e. The molecule has 1 atom stereocenters. The lowest BCUT2D eigenvalue weighted by atomic mass is 10.0. The average Bonchev–Trinajstić information content (AvgIpc) is 2.78. The van der Waals surface area contributed by atoms with Crippen molar-refractivity contribution in [3.8, 4) is 5.88 Å². The molecule has 1 unspecified atom stereocenters. The minimum absolute atomic E-state index is 0.0664. The molecule has 1 aliphatic rings. The molecular weight excluding hydrogens is 259 g/mol. The van der Waals surface area contributed by atoms with Gasteiger partial charge in [0.15, 0.2) is 5.82 Å². The van der Waals surface area contributed by atoms with Crippen molar-refractivity contribution in [1.29, 1.82) is 0 Å². The SMILES string of the molecule is CN1Cc2ncn(C)c2CC1COc1ncccc1F. The van der Waals surface area contributed by atoms with Crippen LogP contribution in [-0.2, 0) is 20.0 Å². The van der Waals surface area contributed by atoms with E-state index in [-0.39, 0.29) is 11.9 Å². The van der Waals surface area contributed by atoms with Crippen LogP contribution in [0.1, 0.15) is 11.4 Å². The predicted molar refractivity (Wildman–Crippen MR) is 71.9 cm³/mol. The molecular formula is C14H17FN4O. The van der Waals surface area contributed by atoms with Gasteiger partial charge in [-0.15, -0.1) is 0 Å². The van der Waals surface area contributed by atoms with Gasteiger partial charge in [0, 0.05) is 37.9 Å². The Morgan fingerprint density at radius 1 is 1.40 bits per heavy atom. The Morgan fingerprint density at radius 2 is 2.25 bits per heavy atom. The van der Waals surface area contributed by atoms with Gasteiger partial charge in [0.1, 0.15) is 6.61 Å². The molecule has 0 saturated carbocycles. The summed E-state index contributed by atoms with van der Waals surface area (Å²) in [6, 6.07) is 3.10. The van der Waals surface area contributed by atoms with Crippen molar-refractivity contribution in [2.75, 3.05) is 13.7 Å². The molecule has 0 aliphatic carbocycles. The molecule has 2 aromatic heterocycles. The van der Waals surface area contributed by atoms with Crippen LogP contribution in [0.15, 0.2) is 24.7 Å². The number of pyridine rings is 1. The number of ether oxygens (including phenoxy) is 1. The third kappa shape index (κ3) is 2.38. The van der Waals surface area contributed by atoms with E-state index in [2.05, 4.69) is 14.9 Å². The Kier molecular flexibility index (Phi) is 3.40. The molecule has 0 radical (unpaired) electrons. The summed E-state index contributed by atoms with van der Waals surface area (Å²) in [6.45, 7) is 1.20. The van der Waals surface area contributed by atoms with Crippen molar-refractivity contribution >= 4 is 0 Å². The third-order valence-electron chi connectivity index (χ3n) is 3.73. The predicted octanol–water partition coefficient (Wildman–Crippen LogP) is 1.39. The zero-order chi connectivity index (χ0) is 14.1. The summed E-state index contributed by atoms with van der Waals surface area (Å²) < 4.78 is 21.0. The van der Waals surface area contributed by atoms with E-state index >= 15 is 0 Å². The van der Waals surface area contributed by atoms with Crippen LogP contribution in [0, 0.1) is 5.82 Å². The number of aryl methyl sites for hydroxylation is 1. The van der Waals surface area contributed by atoms with Crippen molar-refractivity contribution in [2.24, 2.45) is 7.05 Å². The smallest absolute Gasteiger partial charge is 0.250 e. The van der Waals surface area contributed by atoms with Crippen molar-refractivity contribution in [3.05, 3.63) is 41.9 Å². The van der Waals surface area contributed by atoms with Gasteiger partial charge in [-0.25, -0.2) is 14.4 Å². The van der Waals surface area contributed by atoms with E-state index in [1.807, 2.05) is 25.0 Å². The maximum absolute atomic E-state index is 13.5. The normalized spacial score (nSPS) is 18.9. The van der Waals surface area contributed by atoms with E-state index in [4.69, 9.17) is 4.74 Å². The monoisotopic (exact) mass is 276 g/mol. The lowest BCUT2D eigenvalue weighted by Gasteiger charge is -2.32. The number of hydrogen-bond acceptors (Lipinski definition) is 4. The van der Waals surface area contributed by atoms with E-state index in [1.165, 1.54) is 18.0 Å². The summed E-state index contributed by atoms with van der Waals surface area (Å²) in [7, 11) is 4.02. The number of fused-ring (bicyclic) bond motifs is 1. The first-order valence-electron chi connectivity index (χ1n) is 6.57. The second-order valence-corrected chi connectivity index (χ2v) is 5.12. The maximum atomic E-state index is 13.5. The van der Waals surface area contributed by atoms with Crippen LogP contribution in [0.25, 0.3) is 0 Å². The standard InChI is InChI=1S/C14H17FN4O/c1-18-7-12-13(19(2)9-17-12)6-10(18)8-20-14-11(15)4-3-5-16-14/h3-5,9-10H,6-8H2,1-2H3. The van der Waals surface area contributed by atoms with Crippen LogP contribution in [-0.4, -0.2) is 39.1 Å². The van der Waals surface area contributed by atoms with Crippen LogP contribution >= 0.6 is 0 Å². The molecule has 0 fully saturated rings. The second kappa shape index (κ2) is 5.20. The van der Waals surface area contributed by atoms with Gasteiger partial charge >= 0.3 is 0 Å². The van der Waals surface area contributed by atoms with Crippen LogP contribution < -0.4 is 4.74 Å². The van der Waals surface area contributed by atoms with Crippen LogP contribution in [0.5, 0.6) is 5.88 Å². The number of aromatic nitrogens is 3. The molecule has 5 nitrogen and oxygen atoms in total. The van der Waals surface area contributed by atoms with E-state index in [9.17, 15) is 4.39 Å². The van der Waals surface area contributed by atoms with E-state index in [1.54, 1.807) is 6.07 Å². The number of rotatable bonds is 3. The first-order chi connectivity index (χ1) is 9.65. The third-order valence-corrected chi connectivity index (χ3v) is 3.73. The minimum Gasteiger partial charge on any atom is -0.474 e. The van der Waals surface area contributed by atoms with Gasteiger partial charge in [0.25, 0.3) is 0 Å². The molecule has 2 aromatic rings. The van der Waals surface area contributed by atoms with Gasteiger partial charge in [-0.05, 0) is 19.2 Å². The highest BCUT2D eigenvalue weighted by Crippen LogP contribution is 2.21. The first kappa shape index (κ1) is 13.1. The maximum Gasteiger partial charge on any atom is 0.250 e. The fourth-order valence-electron chi connectivity index (χ4n) is 2.48. The quantitative estimate of drug-likeness (QED) is 0.849. The number of nitrogens with zero attached hydrogens (tertiary/aromatic N) is 4. The van der Waals surface area contributed by atoms with E-state index in [0.29, 0.717) is 6.61 Å². The zero-order valence-corrected chi connectivity index (χ0v) is 11.6. The van der Waals surface area contributed by atoms with Gasteiger partial charge in [-0.2, -0.15) is 0 Å². The molecule has 1 aliphatic heterocycles. The molecule has 0 N–H and O–H groups in total. The Balaban J connectivity index is 1.70. The summed E-state index contributed by atoms with van der Waals surface area (Å²) in [5, 5.41) is 0. The molecule has 3 rings (SSSR count). The van der Waals surface area contributed by atoms with Gasteiger partial charge in [0.05, 0.1) is 12.0 Å². The van der Waals surface area contributed by atoms with Crippen molar-refractivity contribution in [1.82, 2.24) is 19.4 Å². The van der Waals surface area contributed by atoms with Crippen molar-refractivity contribution in [2.45, 2.75) is 19.0 Å². The lowest BCUT2D eigenvalue weighted by molar-refractivity contribution is 0.134. The summed E-state index contributed by atoms with van der Waals surface area (Å²) in [4.78, 5) is 10.5. The summed E-state index contributed by atoms with van der Waals surface area (Å²) in [5.74, 6) is -0.358. The molecule has 0 bridgehead atoms. The molecule has 20 heavy (non-hydrogen) atoms. The highest BCUT2D eigenvalue weighted by atomic mass is 19.1. The fraction of sp³-hybridized carbons (Fsp3) is 0.429. The van der Waals surface area contributed by atoms with Gasteiger partial charge in [-0.3, -0.25) is 4.90 Å². The van der Waals surface area contributed by atoms with Gasteiger partial charge in [-0.1, -0.05) is 0 Å². The molecule has 0 aromatic carbocycles. The van der Waals surface area contributed by atoms with E-state index < -0.39 is 5.82 Å². The van der Waals surface area contributed by atoms with Crippen molar-refractivity contribution in [3.63, 3.8) is 0 Å². The Hall–Kier alpha value is -1.95. The van der Waals surface area contributed by atoms with E-state index in [0.717, 1.165) is 18.7 Å². The first-order valence-corrected chi connectivity index (χ1v) is 6.57. The molecule has 106 valence electrons. The number of halogens is 1. The molecule has 0 saturated heterocycles. The minimum atomic E-state index is -0.424. The summed E-state index contributed by atoms with van der Waals surface area (Å²) in [6.07, 6.45) is 4.21. The number of likely N-dealkylation sites (N-methyl/N-ethyl adjacent to an activating group) is 1. The molecule has 0 amide bonds. The number of imidazole rings is 1. The van der Waals surface area contributed by atoms with Crippen LogP contribution in [0.3, 0.4) is 0 Å². The Bertz CT molecular complexity index is 613. The van der Waals surface area contributed by atoms with Crippen LogP contribution in [0.2, 0.25) is 0 Å². The second-order valence-electron chi connectivity index (χ2n) is 5.12. The van der Waals surface area contributed by atoms with Crippen molar-refractivity contribution < 1.29 is 9.13 Å². The zero-order valence-electron chi connectivity index (χ0n) is 11.6. The fourth-order valence-corrected chi connectivity index (χ4v) is 2.48. The molecule has 3 heterocycles. The van der Waals surface area contributed by atoms with Gasteiger partial charge in [0.2, 0.25) is 5.88 Å². The molecule has 0 spiro atoms. The summed E-state index contributed by atoms with van der Waals surface area (Å²) >= 11 is 0.